The van der Waals surface area contributed by atoms with Crippen molar-refractivity contribution in [2.75, 3.05) is 6.16 Å². The van der Waals surface area contributed by atoms with Gasteiger partial charge in [-0.1, -0.05) is 60.7 Å². The van der Waals surface area contributed by atoms with Crippen LogP contribution in [0.3, 0.4) is 0 Å². The summed E-state index contributed by atoms with van der Waals surface area (Å²) in [5.74, 6) is -1.30. The number of benzene rings is 2. The van der Waals surface area contributed by atoms with Crippen molar-refractivity contribution >= 4 is 15.2 Å². The van der Waals surface area contributed by atoms with Gasteiger partial charge in [0.1, 0.15) is 0 Å². The Balaban J connectivity index is 0.000000222. The van der Waals surface area contributed by atoms with Gasteiger partial charge < -0.3 is 4.74 Å². The molecule has 0 N–H and O–H groups in total. The molecule has 2 aromatic rings. The minimum absolute atomic E-state index is 0.348. The molecule has 0 saturated carbocycles. The highest BCUT2D eigenvalue weighted by Crippen LogP contribution is 2.17. The highest BCUT2D eigenvalue weighted by Gasteiger charge is 2.32. The standard InChI is InChI=1S/C12H10.C3H4F3O2P/c1-3-7-11(8-4-1)12-9-5-2-6-10-12;4-3(5,6)8-2(7)1-9/h1-10H;1,9H2. The monoisotopic (exact) mass is 314 g/mol. The molecule has 0 radical (unpaired) electrons. The molecule has 1 unspecified atom stereocenters. The smallest absolute Gasteiger partial charge is 0.373 e. The van der Waals surface area contributed by atoms with E-state index in [0.717, 1.165) is 0 Å². The molecule has 21 heavy (non-hydrogen) atoms. The van der Waals surface area contributed by atoms with Crippen molar-refractivity contribution in [2.24, 2.45) is 0 Å². The molecule has 0 fully saturated rings. The summed E-state index contributed by atoms with van der Waals surface area (Å²) in [4.78, 5) is 9.86. The van der Waals surface area contributed by atoms with Gasteiger partial charge in [0.15, 0.2) is 0 Å². The van der Waals surface area contributed by atoms with Gasteiger partial charge in [0.2, 0.25) is 0 Å². The summed E-state index contributed by atoms with van der Waals surface area (Å²) in [6, 6.07) is 20.8. The first-order valence-corrected chi connectivity index (χ1v) is 6.83. The van der Waals surface area contributed by atoms with Gasteiger partial charge in [-0.15, -0.1) is 22.4 Å². The molecular formula is C15H14F3O2P. The van der Waals surface area contributed by atoms with Crippen LogP contribution in [0, 0.1) is 0 Å². The Kier molecular flexibility index (Phi) is 6.89. The van der Waals surface area contributed by atoms with Gasteiger partial charge in [0.05, 0.1) is 6.16 Å². The highest BCUT2D eigenvalue weighted by molar-refractivity contribution is 7.18. The molecule has 0 spiro atoms. The first-order valence-electron chi connectivity index (χ1n) is 6.01. The van der Waals surface area contributed by atoms with Gasteiger partial charge in [-0.25, -0.2) is 0 Å². The normalized spacial score (nSPS) is 10.3. The SMILES string of the molecule is O=C(CP)OC(F)(F)F.c1ccc(-c2ccccc2)cc1. The van der Waals surface area contributed by atoms with Crippen molar-refractivity contribution in [1.29, 1.82) is 0 Å². The third kappa shape index (κ3) is 7.47. The fraction of sp³-hybridized carbons (Fsp3) is 0.133. The minimum atomic E-state index is -4.84. The van der Waals surface area contributed by atoms with E-state index in [1.165, 1.54) is 11.1 Å². The van der Waals surface area contributed by atoms with E-state index in [9.17, 15) is 18.0 Å². The number of alkyl halides is 3. The molecule has 0 amide bonds. The summed E-state index contributed by atoms with van der Waals surface area (Å²) in [7, 11) is 1.82. The number of ether oxygens (including phenoxy) is 1. The van der Waals surface area contributed by atoms with Crippen LogP contribution in [0.25, 0.3) is 11.1 Å². The lowest BCUT2D eigenvalue weighted by atomic mass is 10.1. The molecule has 0 aliphatic rings. The van der Waals surface area contributed by atoms with Crippen LogP contribution in [0.1, 0.15) is 0 Å². The second-order valence-corrected chi connectivity index (χ2v) is 4.26. The van der Waals surface area contributed by atoms with E-state index in [0.29, 0.717) is 0 Å². The Hall–Kier alpha value is -1.87. The van der Waals surface area contributed by atoms with Crippen LogP contribution in [0.2, 0.25) is 0 Å². The number of rotatable bonds is 2. The predicted molar refractivity (Wildman–Crippen MR) is 78.6 cm³/mol. The number of esters is 1. The average Bonchev–Trinajstić information content (AvgIpc) is 2.48. The van der Waals surface area contributed by atoms with E-state index in [1.54, 1.807) is 0 Å². The summed E-state index contributed by atoms with van der Waals surface area (Å²) in [6.45, 7) is 0. The van der Waals surface area contributed by atoms with Gasteiger partial charge >= 0.3 is 12.3 Å². The third-order valence-corrected chi connectivity index (χ3v) is 2.61. The number of carbonyl (C=O) groups excluding carboxylic acids is 1. The van der Waals surface area contributed by atoms with Crippen molar-refractivity contribution in [3.8, 4) is 11.1 Å². The molecule has 0 bridgehead atoms. The van der Waals surface area contributed by atoms with Crippen LogP contribution in [0.4, 0.5) is 13.2 Å². The first-order chi connectivity index (χ1) is 9.92. The molecule has 0 aromatic heterocycles. The van der Waals surface area contributed by atoms with Crippen molar-refractivity contribution in [1.82, 2.24) is 0 Å². The van der Waals surface area contributed by atoms with E-state index >= 15 is 0 Å². The van der Waals surface area contributed by atoms with Crippen LogP contribution in [0.15, 0.2) is 60.7 Å². The molecule has 0 saturated heterocycles. The van der Waals surface area contributed by atoms with Gasteiger partial charge in [-0.2, -0.15) is 0 Å². The van der Waals surface area contributed by atoms with Gasteiger partial charge in [-0.05, 0) is 11.1 Å². The Morgan fingerprint density at radius 3 is 1.52 bits per heavy atom. The fourth-order valence-electron chi connectivity index (χ4n) is 1.43. The van der Waals surface area contributed by atoms with Crippen LogP contribution < -0.4 is 0 Å². The lowest BCUT2D eigenvalue weighted by Crippen LogP contribution is -2.19. The second-order valence-electron chi connectivity index (χ2n) is 3.86. The zero-order valence-corrected chi connectivity index (χ0v) is 12.2. The maximum atomic E-state index is 11.0. The number of hydrogen-bond acceptors (Lipinski definition) is 2. The van der Waals surface area contributed by atoms with Crippen molar-refractivity contribution in [3.05, 3.63) is 60.7 Å². The van der Waals surface area contributed by atoms with E-state index in [-0.39, 0.29) is 6.16 Å². The Labute approximate surface area is 123 Å². The predicted octanol–water partition coefficient (Wildman–Crippen LogP) is 4.28. The molecule has 2 aromatic carbocycles. The molecule has 0 heterocycles. The number of carbonyl (C=O) groups is 1. The summed E-state index contributed by atoms with van der Waals surface area (Å²) in [5.41, 5.74) is 2.55. The van der Waals surface area contributed by atoms with Crippen molar-refractivity contribution in [2.45, 2.75) is 6.36 Å². The molecular weight excluding hydrogens is 300 g/mol. The number of halogens is 3. The van der Waals surface area contributed by atoms with E-state index < -0.39 is 12.3 Å². The zero-order chi connectivity index (χ0) is 15.7. The fourth-order valence-corrected chi connectivity index (χ4v) is 1.52. The lowest BCUT2D eigenvalue weighted by Gasteiger charge is -2.03. The molecule has 0 aliphatic carbocycles. The molecule has 2 nitrogen and oxygen atoms in total. The van der Waals surface area contributed by atoms with Crippen molar-refractivity contribution in [3.63, 3.8) is 0 Å². The molecule has 0 aliphatic heterocycles. The summed E-state index contributed by atoms with van der Waals surface area (Å²) < 4.78 is 36.0. The molecule has 1 atom stereocenters. The van der Waals surface area contributed by atoms with Crippen LogP contribution in [0.5, 0.6) is 0 Å². The quantitative estimate of drug-likeness (QED) is 0.611. The topological polar surface area (TPSA) is 26.3 Å². The van der Waals surface area contributed by atoms with E-state index in [4.69, 9.17) is 0 Å². The Morgan fingerprint density at radius 1 is 0.905 bits per heavy atom. The third-order valence-electron chi connectivity index (χ3n) is 2.28. The number of hydrogen-bond donors (Lipinski definition) is 0. The van der Waals surface area contributed by atoms with Gasteiger partial charge in [-0.3, -0.25) is 4.79 Å². The summed E-state index contributed by atoms with van der Waals surface area (Å²) in [6.07, 6.45) is -5.19. The van der Waals surface area contributed by atoms with E-state index in [1.807, 2.05) is 21.4 Å². The maximum absolute atomic E-state index is 11.0. The first kappa shape index (κ1) is 17.2. The summed E-state index contributed by atoms with van der Waals surface area (Å²) in [5, 5.41) is 0. The minimum Gasteiger partial charge on any atom is -0.373 e. The Bertz CT molecular complexity index is 504. The highest BCUT2D eigenvalue weighted by atomic mass is 31.0. The Morgan fingerprint density at radius 2 is 1.29 bits per heavy atom. The summed E-state index contributed by atoms with van der Waals surface area (Å²) >= 11 is 0. The van der Waals surface area contributed by atoms with Crippen LogP contribution in [-0.4, -0.2) is 18.5 Å². The average molecular weight is 314 g/mol. The van der Waals surface area contributed by atoms with Crippen molar-refractivity contribution < 1.29 is 22.7 Å². The molecule has 112 valence electrons. The molecule has 6 heteroatoms. The van der Waals surface area contributed by atoms with Crippen LogP contribution in [-0.2, 0) is 9.53 Å². The van der Waals surface area contributed by atoms with Gasteiger partial charge in [0.25, 0.3) is 0 Å². The van der Waals surface area contributed by atoms with Gasteiger partial charge in [0, 0.05) is 0 Å². The lowest BCUT2D eigenvalue weighted by molar-refractivity contribution is -0.304. The second kappa shape index (κ2) is 8.42. The maximum Gasteiger partial charge on any atom is 0.575 e. The largest absolute Gasteiger partial charge is 0.575 e. The zero-order valence-electron chi connectivity index (χ0n) is 11.0. The van der Waals surface area contributed by atoms with E-state index in [2.05, 4.69) is 53.3 Å². The van der Waals surface area contributed by atoms with Crippen LogP contribution >= 0.6 is 9.24 Å². The molecule has 2 rings (SSSR count).